The Bertz CT molecular complexity index is 799. The maximum atomic E-state index is 4.39. The van der Waals surface area contributed by atoms with Gasteiger partial charge in [-0.25, -0.2) is 0 Å². The van der Waals surface area contributed by atoms with Crippen LogP contribution in [0.15, 0.2) is 52.1 Å². The second-order valence-corrected chi connectivity index (χ2v) is 6.42. The van der Waals surface area contributed by atoms with Crippen LogP contribution in [0.2, 0.25) is 0 Å². The molecule has 1 aromatic carbocycles. The number of nitrogens with one attached hydrogen (secondary N) is 1. The van der Waals surface area contributed by atoms with Crippen LogP contribution in [-0.4, -0.2) is 9.97 Å². The summed E-state index contributed by atoms with van der Waals surface area (Å²) < 4.78 is 4.44. The summed E-state index contributed by atoms with van der Waals surface area (Å²) in [6, 6.07) is 10.2. The lowest BCUT2D eigenvalue weighted by molar-refractivity contribution is 1.17. The van der Waals surface area contributed by atoms with Crippen LogP contribution in [0.3, 0.4) is 0 Å². The van der Waals surface area contributed by atoms with Gasteiger partial charge in [-0.2, -0.15) is 0 Å². The quantitative estimate of drug-likeness (QED) is 0.657. The Morgan fingerprint density at radius 2 is 1.95 bits per heavy atom. The largest absolute Gasteiger partial charge is 0.324 e. The third-order valence-electron chi connectivity index (χ3n) is 3.34. The molecule has 2 aromatic heterocycles. The van der Waals surface area contributed by atoms with Gasteiger partial charge in [-0.05, 0) is 65.5 Å². The molecule has 0 radical (unpaired) electrons. The molecule has 0 aliphatic carbocycles. The molecule has 0 amide bonds. The van der Waals surface area contributed by atoms with Crippen molar-refractivity contribution >= 4 is 44.5 Å². The number of halogens is 1. The zero-order valence-electron chi connectivity index (χ0n) is 11.7. The van der Waals surface area contributed by atoms with Crippen molar-refractivity contribution in [3.63, 3.8) is 0 Å². The summed E-state index contributed by atoms with van der Waals surface area (Å²) in [4.78, 5) is 9.92. The molecule has 0 saturated carbocycles. The van der Waals surface area contributed by atoms with Crippen molar-refractivity contribution in [3.8, 4) is 0 Å². The van der Waals surface area contributed by atoms with Gasteiger partial charge in [0.2, 0.25) is 0 Å². The summed E-state index contributed by atoms with van der Waals surface area (Å²) in [6.45, 7) is 4.08. The molecule has 21 heavy (non-hydrogen) atoms. The monoisotopic (exact) mass is 359 g/mol. The van der Waals surface area contributed by atoms with Crippen molar-refractivity contribution in [1.29, 1.82) is 0 Å². The van der Waals surface area contributed by atoms with Gasteiger partial charge in [0.25, 0.3) is 0 Å². The fraction of sp³-hybridized carbons (Fsp3) is 0.125. The standard InChI is InChI=1S/C16H14BrN3S/c1-10-13(17)9-19-11(2)16(10)20-21-15-7-3-6-14-12(15)5-4-8-18-14/h3-9,20H,1-2H3. The summed E-state index contributed by atoms with van der Waals surface area (Å²) in [5, 5.41) is 1.15. The van der Waals surface area contributed by atoms with Crippen LogP contribution in [-0.2, 0) is 0 Å². The Morgan fingerprint density at radius 1 is 1.10 bits per heavy atom. The van der Waals surface area contributed by atoms with Gasteiger partial charge in [0.1, 0.15) is 0 Å². The van der Waals surface area contributed by atoms with E-state index in [-0.39, 0.29) is 0 Å². The minimum absolute atomic E-state index is 0.988. The van der Waals surface area contributed by atoms with Crippen LogP contribution in [0.4, 0.5) is 5.69 Å². The molecule has 3 rings (SSSR count). The summed E-state index contributed by atoms with van der Waals surface area (Å²) in [7, 11) is 0. The van der Waals surface area contributed by atoms with E-state index in [2.05, 4.69) is 49.7 Å². The maximum absolute atomic E-state index is 4.39. The van der Waals surface area contributed by atoms with Crippen molar-refractivity contribution in [2.45, 2.75) is 18.7 Å². The first-order valence-electron chi connectivity index (χ1n) is 6.55. The lowest BCUT2D eigenvalue weighted by Gasteiger charge is -2.13. The van der Waals surface area contributed by atoms with Crippen molar-refractivity contribution in [2.24, 2.45) is 0 Å². The van der Waals surface area contributed by atoms with Crippen molar-refractivity contribution in [2.75, 3.05) is 4.72 Å². The summed E-state index contributed by atoms with van der Waals surface area (Å²) in [6.07, 6.45) is 3.65. The minimum Gasteiger partial charge on any atom is -0.324 e. The molecule has 0 spiro atoms. The average molecular weight is 360 g/mol. The molecule has 0 unspecified atom stereocenters. The summed E-state index contributed by atoms with van der Waals surface area (Å²) in [5.41, 5.74) is 4.20. The second kappa shape index (κ2) is 6.03. The number of aryl methyl sites for hydroxylation is 1. The first kappa shape index (κ1) is 14.4. The van der Waals surface area contributed by atoms with Crippen LogP contribution in [0.1, 0.15) is 11.3 Å². The van der Waals surface area contributed by atoms with Crippen molar-refractivity contribution in [3.05, 3.63) is 58.5 Å². The van der Waals surface area contributed by atoms with Gasteiger partial charge in [0.05, 0.1) is 16.9 Å². The highest BCUT2D eigenvalue weighted by atomic mass is 79.9. The smallest absolute Gasteiger partial charge is 0.0713 e. The number of anilines is 1. The molecule has 0 saturated heterocycles. The highest BCUT2D eigenvalue weighted by Crippen LogP contribution is 2.32. The molecule has 5 heteroatoms. The number of benzene rings is 1. The lowest BCUT2D eigenvalue weighted by atomic mass is 10.2. The fourth-order valence-corrected chi connectivity index (χ4v) is 3.37. The van der Waals surface area contributed by atoms with Gasteiger partial charge in [-0.15, -0.1) is 0 Å². The van der Waals surface area contributed by atoms with E-state index in [1.165, 1.54) is 0 Å². The number of nitrogens with zero attached hydrogens (tertiary/aromatic N) is 2. The molecule has 106 valence electrons. The van der Waals surface area contributed by atoms with E-state index in [0.717, 1.165) is 37.2 Å². The van der Waals surface area contributed by atoms with E-state index in [1.54, 1.807) is 11.9 Å². The molecule has 3 aromatic rings. The third kappa shape index (κ3) is 2.89. The van der Waals surface area contributed by atoms with Gasteiger partial charge in [0.15, 0.2) is 0 Å². The maximum Gasteiger partial charge on any atom is 0.0713 e. The molecule has 1 N–H and O–H groups in total. The molecule has 0 aliphatic heterocycles. The second-order valence-electron chi connectivity index (χ2n) is 4.72. The molecule has 0 fully saturated rings. The average Bonchev–Trinajstić information content (AvgIpc) is 2.51. The summed E-state index contributed by atoms with van der Waals surface area (Å²) >= 11 is 5.11. The number of hydrogen-bond acceptors (Lipinski definition) is 4. The normalized spacial score (nSPS) is 10.8. The molecule has 3 nitrogen and oxygen atoms in total. The topological polar surface area (TPSA) is 37.8 Å². The SMILES string of the molecule is Cc1ncc(Br)c(C)c1NSc1cccc2ncccc12. The number of aromatic nitrogens is 2. The van der Waals surface area contributed by atoms with Crippen LogP contribution in [0, 0.1) is 13.8 Å². The Balaban J connectivity index is 1.93. The number of fused-ring (bicyclic) bond motifs is 1. The molecule has 0 bridgehead atoms. The van der Waals surface area contributed by atoms with E-state index in [9.17, 15) is 0 Å². The van der Waals surface area contributed by atoms with E-state index in [0.29, 0.717) is 0 Å². The lowest BCUT2D eigenvalue weighted by Crippen LogP contribution is -1.97. The Hall–Kier alpha value is -1.59. The van der Waals surface area contributed by atoms with E-state index < -0.39 is 0 Å². The van der Waals surface area contributed by atoms with Crippen LogP contribution >= 0.6 is 27.9 Å². The molecule has 0 atom stereocenters. The Labute approximate surface area is 136 Å². The summed E-state index contributed by atoms with van der Waals surface area (Å²) in [5.74, 6) is 0. The van der Waals surface area contributed by atoms with Crippen LogP contribution in [0.5, 0.6) is 0 Å². The Morgan fingerprint density at radius 3 is 2.81 bits per heavy atom. The fourth-order valence-electron chi connectivity index (χ4n) is 2.13. The molecule has 0 aliphatic rings. The third-order valence-corrected chi connectivity index (χ3v) is 5.02. The molecule has 2 heterocycles. The number of rotatable bonds is 3. The van der Waals surface area contributed by atoms with Crippen molar-refractivity contribution < 1.29 is 0 Å². The highest BCUT2D eigenvalue weighted by Gasteiger charge is 2.08. The minimum atomic E-state index is 0.988. The predicted octanol–water partition coefficient (Wildman–Crippen LogP) is 5.13. The van der Waals surface area contributed by atoms with Gasteiger partial charge in [-0.1, -0.05) is 12.1 Å². The van der Waals surface area contributed by atoms with Crippen LogP contribution < -0.4 is 4.72 Å². The molecular formula is C16H14BrN3S. The Kier molecular flexibility index (Phi) is 4.12. The van der Waals surface area contributed by atoms with E-state index >= 15 is 0 Å². The van der Waals surface area contributed by atoms with Crippen molar-refractivity contribution in [1.82, 2.24) is 9.97 Å². The zero-order valence-corrected chi connectivity index (χ0v) is 14.1. The zero-order chi connectivity index (χ0) is 14.8. The van der Waals surface area contributed by atoms with Gasteiger partial charge >= 0.3 is 0 Å². The van der Waals surface area contributed by atoms with Crippen LogP contribution in [0.25, 0.3) is 10.9 Å². The van der Waals surface area contributed by atoms with Gasteiger partial charge in [0, 0.05) is 27.1 Å². The predicted molar refractivity (Wildman–Crippen MR) is 92.6 cm³/mol. The van der Waals surface area contributed by atoms with Gasteiger partial charge in [-0.3, -0.25) is 9.97 Å². The highest BCUT2D eigenvalue weighted by molar-refractivity contribution is 9.10. The first-order valence-corrected chi connectivity index (χ1v) is 8.16. The first-order chi connectivity index (χ1) is 10.2. The molecular weight excluding hydrogens is 346 g/mol. The number of pyridine rings is 2. The van der Waals surface area contributed by atoms with E-state index in [4.69, 9.17) is 0 Å². The van der Waals surface area contributed by atoms with Gasteiger partial charge < -0.3 is 4.72 Å². The van der Waals surface area contributed by atoms with E-state index in [1.807, 2.05) is 37.5 Å². The number of hydrogen-bond donors (Lipinski definition) is 1.